The summed E-state index contributed by atoms with van der Waals surface area (Å²) in [6.45, 7) is 2.14. The monoisotopic (exact) mass is 258 g/mol. The summed E-state index contributed by atoms with van der Waals surface area (Å²) >= 11 is 1.60. The van der Waals surface area contributed by atoms with E-state index in [0.717, 1.165) is 22.8 Å². The molecule has 0 aliphatic carbocycles. The molecular formula is C13H14N4S. The Bertz CT molecular complexity index is 652. The van der Waals surface area contributed by atoms with Crippen LogP contribution in [0.2, 0.25) is 0 Å². The molecule has 4 nitrogen and oxygen atoms in total. The summed E-state index contributed by atoms with van der Waals surface area (Å²) in [6.07, 6.45) is 3.71. The summed E-state index contributed by atoms with van der Waals surface area (Å²) in [6, 6.07) is 8.47. The SMILES string of the molecule is Cc1ccccc1CCc1nn2cc(N)nc2s1. The highest BCUT2D eigenvalue weighted by molar-refractivity contribution is 7.16. The van der Waals surface area contributed by atoms with Crippen LogP contribution in [-0.2, 0) is 12.8 Å². The number of aryl methyl sites for hydroxylation is 3. The number of fused-ring (bicyclic) bond motifs is 1. The number of nitrogens with two attached hydrogens (primary N) is 1. The average Bonchev–Trinajstić information content (AvgIpc) is 2.84. The molecule has 0 radical (unpaired) electrons. The van der Waals surface area contributed by atoms with E-state index in [1.54, 1.807) is 22.0 Å². The van der Waals surface area contributed by atoms with Gasteiger partial charge in [0.2, 0.25) is 4.96 Å². The van der Waals surface area contributed by atoms with Crippen molar-refractivity contribution >= 4 is 22.1 Å². The van der Waals surface area contributed by atoms with Gasteiger partial charge in [-0.3, -0.25) is 0 Å². The predicted octanol–water partition coefficient (Wildman–Crippen LogP) is 2.47. The molecule has 0 bridgehead atoms. The van der Waals surface area contributed by atoms with Gasteiger partial charge in [-0.2, -0.15) is 5.10 Å². The van der Waals surface area contributed by atoms with E-state index in [1.165, 1.54) is 11.1 Å². The van der Waals surface area contributed by atoms with Crippen molar-refractivity contribution in [1.29, 1.82) is 0 Å². The van der Waals surface area contributed by atoms with Crippen molar-refractivity contribution in [2.45, 2.75) is 19.8 Å². The van der Waals surface area contributed by atoms with Crippen molar-refractivity contribution in [3.05, 3.63) is 46.6 Å². The van der Waals surface area contributed by atoms with E-state index in [1.807, 2.05) is 0 Å². The first-order valence-corrected chi connectivity index (χ1v) is 6.69. The van der Waals surface area contributed by atoms with Gasteiger partial charge >= 0.3 is 0 Å². The number of aromatic nitrogens is 3. The smallest absolute Gasteiger partial charge is 0.214 e. The van der Waals surface area contributed by atoms with E-state index in [9.17, 15) is 0 Å². The van der Waals surface area contributed by atoms with E-state index < -0.39 is 0 Å². The minimum absolute atomic E-state index is 0.527. The first-order valence-electron chi connectivity index (χ1n) is 5.87. The third kappa shape index (κ3) is 2.09. The molecule has 1 aromatic carbocycles. The lowest BCUT2D eigenvalue weighted by atomic mass is 10.0. The number of nitrogens with zero attached hydrogens (tertiary/aromatic N) is 3. The van der Waals surface area contributed by atoms with Gasteiger partial charge in [-0.05, 0) is 24.5 Å². The summed E-state index contributed by atoms with van der Waals surface area (Å²) in [5, 5.41) is 5.57. The highest BCUT2D eigenvalue weighted by atomic mass is 32.1. The van der Waals surface area contributed by atoms with Crippen LogP contribution >= 0.6 is 11.3 Å². The lowest BCUT2D eigenvalue weighted by Crippen LogP contribution is -1.94. The zero-order valence-electron chi connectivity index (χ0n) is 10.1. The van der Waals surface area contributed by atoms with Crippen molar-refractivity contribution in [2.24, 2.45) is 0 Å². The topological polar surface area (TPSA) is 56.2 Å². The first kappa shape index (κ1) is 11.2. The van der Waals surface area contributed by atoms with Gasteiger partial charge in [0.05, 0.1) is 6.20 Å². The van der Waals surface area contributed by atoms with E-state index in [4.69, 9.17) is 5.73 Å². The second-order valence-corrected chi connectivity index (χ2v) is 5.36. The molecular weight excluding hydrogens is 244 g/mol. The Hall–Kier alpha value is -1.88. The van der Waals surface area contributed by atoms with Crippen molar-refractivity contribution < 1.29 is 0 Å². The molecule has 2 heterocycles. The maximum Gasteiger partial charge on any atom is 0.214 e. The Morgan fingerprint density at radius 3 is 2.89 bits per heavy atom. The Morgan fingerprint density at radius 1 is 1.28 bits per heavy atom. The van der Waals surface area contributed by atoms with Gasteiger partial charge in [0, 0.05) is 6.42 Å². The van der Waals surface area contributed by atoms with Crippen LogP contribution in [0.3, 0.4) is 0 Å². The molecule has 0 amide bonds. The highest BCUT2D eigenvalue weighted by Crippen LogP contribution is 2.18. The van der Waals surface area contributed by atoms with Crippen molar-refractivity contribution in [1.82, 2.24) is 14.6 Å². The summed E-state index contributed by atoms with van der Waals surface area (Å²) in [5.41, 5.74) is 8.32. The van der Waals surface area contributed by atoms with Gasteiger partial charge < -0.3 is 5.73 Å². The van der Waals surface area contributed by atoms with Crippen molar-refractivity contribution in [3.63, 3.8) is 0 Å². The van der Waals surface area contributed by atoms with Gasteiger partial charge in [-0.15, -0.1) is 0 Å². The third-order valence-corrected chi connectivity index (χ3v) is 3.96. The van der Waals surface area contributed by atoms with Crippen LogP contribution in [0.25, 0.3) is 4.96 Å². The number of hydrogen-bond donors (Lipinski definition) is 1. The largest absolute Gasteiger partial charge is 0.382 e. The molecule has 2 N–H and O–H groups in total. The van der Waals surface area contributed by atoms with E-state index in [0.29, 0.717) is 5.82 Å². The Labute approximate surface area is 109 Å². The van der Waals surface area contributed by atoms with Gasteiger partial charge in [0.15, 0.2) is 0 Å². The standard InChI is InChI=1S/C13H14N4S/c1-9-4-2-3-5-10(9)6-7-12-16-17-8-11(14)15-13(17)18-12/h2-5,8H,6-7,14H2,1H3. The normalized spacial score (nSPS) is 11.2. The Morgan fingerprint density at radius 2 is 2.11 bits per heavy atom. The summed E-state index contributed by atoms with van der Waals surface area (Å²) in [4.78, 5) is 5.07. The molecule has 0 fully saturated rings. The molecule has 0 aliphatic heterocycles. The van der Waals surface area contributed by atoms with Crippen LogP contribution in [0.4, 0.5) is 5.82 Å². The van der Waals surface area contributed by atoms with Crippen LogP contribution in [0.1, 0.15) is 16.1 Å². The summed E-state index contributed by atoms with van der Waals surface area (Å²) in [7, 11) is 0. The van der Waals surface area contributed by atoms with E-state index in [2.05, 4.69) is 41.3 Å². The summed E-state index contributed by atoms with van der Waals surface area (Å²) in [5.74, 6) is 0.527. The lowest BCUT2D eigenvalue weighted by Gasteiger charge is -2.02. The molecule has 0 spiro atoms. The fourth-order valence-corrected chi connectivity index (χ4v) is 2.87. The molecule has 0 saturated heterocycles. The van der Waals surface area contributed by atoms with Crippen LogP contribution < -0.4 is 5.73 Å². The molecule has 5 heteroatoms. The third-order valence-electron chi connectivity index (χ3n) is 2.97. The molecule has 3 rings (SSSR count). The zero-order chi connectivity index (χ0) is 12.5. The molecule has 2 aromatic heterocycles. The zero-order valence-corrected chi connectivity index (χ0v) is 10.9. The second-order valence-electron chi connectivity index (χ2n) is 4.32. The molecule has 18 heavy (non-hydrogen) atoms. The highest BCUT2D eigenvalue weighted by Gasteiger charge is 2.07. The molecule has 3 aromatic rings. The number of benzene rings is 1. The Balaban J connectivity index is 1.76. The van der Waals surface area contributed by atoms with Gasteiger partial charge in [0.25, 0.3) is 0 Å². The minimum Gasteiger partial charge on any atom is -0.382 e. The predicted molar refractivity (Wildman–Crippen MR) is 73.9 cm³/mol. The van der Waals surface area contributed by atoms with Gasteiger partial charge in [0.1, 0.15) is 10.8 Å². The number of hydrogen-bond acceptors (Lipinski definition) is 4. The molecule has 0 unspecified atom stereocenters. The molecule has 0 atom stereocenters. The van der Waals surface area contributed by atoms with Crippen LogP contribution in [0.15, 0.2) is 30.5 Å². The fraction of sp³-hybridized carbons (Fsp3) is 0.231. The van der Waals surface area contributed by atoms with Crippen molar-refractivity contribution in [2.75, 3.05) is 5.73 Å². The van der Waals surface area contributed by atoms with E-state index in [-0.39, 0.29) is 0 Å². The van der Waals surface area contributed by atoms with Gasteiger partial charge in [-0.1, -0.05) is 35.6 Å². The minimum atomic E-state index is 0.527. The second kappa shape index (κ2) is 4.42. The number of imidazole rings is 1. The maximum absolute atomic E-state index is 5.60. The number of rotatable bonds is 3. The average molecular weight is 258 g/mol. The number of anilines is 1. The molecule has 92 valence electrons. The quantitative estimate of drug-likeness (QED) is 0.785. The summed E-state index contributed by atoms with van der Waals surface area (Å²) < 4.78 is 1.76. The molecule has 0 aliphatic rings. The Kier molecular flexibility index (Phi) is 2.76. The molecule has 0 saturated carbocycles. The number of nitrogen functional groups attached to an aromatic ring is 1. The fourth-order valence-electron chi connectivity index (χ4n) is 1.99. The van der Waals surface area contributed by atoms with Gasteiger partial charge in [-0.25, -0.2) is 9.50 Å². The van der Waals surface area contributed by atoms with Crippen LogP contribution in [-0.4, -0.2) is 14.6 Å². The maximum atomic E-state index is 5.60. The first-order chi connectivity index (χ1) is 8.72. The van der Waals surface area contributed by atoms with Crippen LogP contribution in [0, 0.1) is 6.92 Å². The lowest BCUT2D eigenvalue weighted by molar-refractivity contribution is 0.863. The van der Waals surface area contributed by atoms with Crippen LogP contribution in [0.5, 0.6) is 0 Å². The van der Waals surface area contributed by atoms with E-state index >= 15 is 0 Å². The van der Waals surface area contributed by atoms with Crippen molar-refractivity contribution in [3.8, 4) is 0 Å².